The third kappa shape index (κ3) is 5.06. The molecule has 0 aliphatic rings. The summed E-state index contributed by atoms with van der Waals surface area (Å²) in [4.78, 5) is 12.5. The van der Waals surface area contributed by atoms with Crippen molar-refractivity contribution in [3.05, 3.63) is 59.1 Å². The Morgan fingerprint density at radius 3 is 2.32 bits per heavy atom. The number of rotatable bonds is 7. The van der Waals surface area contributed by atoms with E-state index in [2.05, 4.69) is 24.3 Å². The van der Waals surface area contributed by atoms with Crippen LogP contribution in [0.4, 0.5) is 11.5 Å². The van der Waals surface area contributed by atoms with Gasteiger partial charge < -0.3 is 11.1 Å². The maximum absolute atomic E-state index is 13.1. The Kier molecular flexibility index (Phi) is 6.98. The number of carbonyl (C=O) groups excluding carboxylic acids is 1. The molecule has 164 valence electrons. The molecule has 3 N–H and O–H groups in total. The van der Waals surface area contributed by atoms with Crippen molar-refractivity contribution in [3.63, 3.8) is 0 Å². The number of halogens is 1. The fourth-order valence-corrected chi connectivity index (χ4v) is 5.52. The van der Waals surface area contributed by atoms with Crippen LogP contribution < -0.4 is 11.1 Å². The van der Waals surface area contributed by atoms with Gasteiger partial charge in [0, 0.05) is 10.7 Å². The number of amides is 1. The third-order valence-corrected chi connectivity index (χ3v) is 7.54. The van der Waals surface area contributed by atoms with Gasteiger partial charge in [-0.25, -0.2) is 13.1 Å². The number of nitrogens with two attached hydrogens (primary N) is 1. The number of hydrogen-bond acceptors (Lipinski definition) is 6. The minimum absolute atomic E-state index is 0.0492. The molecule has 0 unspecified atom stereocenters. The zero-order valence-electron chi connectivity index (χ0n) is 17.3. The molecular formula is C21H23ClN4O3S2. The highest BCUT2D eigenvalue weighted by molar-refractivity contribution is 7.99. The van der Waals surface area contributed by atoms with E-state index in [9.17, 15) is 13.2 Å². The largest absolute Gasteiger partial charge is 0.383 e. The van der Waals surface area contributed by atoms with Gasteiger partial charge in [-0.2, -0.15) is 5.10 Å². The molecule has 0 saturated heterocycles. The van der Waals surface area contributed by atoms with E-state index in [1.165, 1.54) is 28.9 Å². The smallest absolute Gasteiger partial charge is 0.246 e. The molecule has 7 nitrogen and oxygen atoms in total. The summed E-state index contributed by atoms with van der Waals surface area (Å²) in [5.74, 6) is -0.0706. The normalized spacial score (nSPS) is 11.6. The van der Waals surface area contributed by atoms with Crippen LogP contribution in [0.3, 0.4) is 0 Å². The highest BCUT2D eigenvalue weighted by atomic mass is 35.5. The third-order valence-electron chi connectivity index (χ3n) is 4.66. The van der Waals surface area contributed by atoms with Crippen molar-refractivity contribution in [1.29, 1.82) is 0 Å². The van der Waals surface area contributed by atoms with E-state index >= 15 is 0 Å². The van der Waals surface area contributed by atoms with Crippen molar-refractivity contribution < 1.29 is 13.2 Å². The number of sulfone groups is 1. The first kappa shape index (κ1) is 23.2. The lowest BCUT2D eigenvalue weighted by Crippen LogP contribution is -2.21. The van der Waals surface area contributed by atoms with Crippen molar-refractivity contribution in [2.75, 3.05) is 17.3 Å². The molecular weight excluding hydrogens is 456 g/mol. The van der Waals surface area contributed by atoms with Gasteiger partial charge in [0.05, 0.1) is 4.90 Å². The van der Waals surface area contributed by atoms with Gasteiger partial charge in [-0.05, 0) is 54.1 Å². The van der Waals surface area contributed by atoms with Crippen LogP contribution in [0.15, 0.2) is 63.3 Å². The first-order chi connectivity index (χ1) is 14.6. The molecule has 31 heavy (non-hydrogen) atoms. The second kappa shape index (κ2) is 9.33. The predicted molar refractivity (Wildman–Crippen MR) is 124 cm³/mol. The maximum Gasteiger partial charge on any atom is 0.246 e. The van der Waals surface area contributed by atoms with Gasteiger partial charge in [0.1, 0.15) is 22.3 Å². The lowest BCUT2D eigenvalue weighted by atomic mass is 10.0. The summed E-state index contributed by atoms with van der Waals surface area (Å²) in [6.45, 7) is 3.96. The van der Waals surface area contributed by atoms with E-state index in [1.54, 1.807) is 6.26 Å². The molecule has 3 rings (SSSR count). The van der Waals surface area contributed by atoms with Crippen LogP contribution in [0.25, 0.3) is 0 Å². The van der Waals surface area contributed by atoms with Crippen LogP contribution in [0.5, 0.6) is 0 Å². The van der Waals surface area contributed by atoms with Gasteiger partial charge in [0.25, 0.3) is 0 Å². The molecule has 0 fully saturated rings. The number of benzene rings is 2. The van der Waals surface area contributed by atoms with Crippen LogP contribution in [-0.4, -0.2) is 30.4 Å². The molecule has 1 aromatic heterocycles. The number of aromatic nitrogens is 2. The number of carbonyl (C=O) groups is 1. The van der Waals surface area contributed by atoms with Crippen LogP contribution in [-0.2, 0) is 21.2 Å². The molecule has 0 aliphatic heterocycles. The zero-order chi connectivity index (χ0) is 22.8. The first-order valence-electron chi connectivity index (χ1n) is 9.44. The van der Waals surface area contributed by atoms with Gasteiger partial charge in [-0.15, -0.1) is 11.8 Å². The number of nitrogen functional groups attached to an aromatic ring is 1. The van der Waals surface area contributed by atoms with Crippen LogP contribution in [0.1, 0.15) is 25.3 Å². The van der Waals surface area contributed by atoms with Gasteiger partial charge in [0.15, 0.2) is 0 Å². The Morgan fingerprint density at radius 2 is 1.77 bits per heavy atom. The quantitative estimate of drug-likeness (QED) is 0.486. The minimum atomic E-state index is -3.94. The molecule has 0 aliphatic carbocycles. The standard InChI is InChI=1S/C21H23ClN4O3S2/c1-13(2)14-4-8-16(9-5-14)24-18(27)12-26-20(23)19(21(25-26)30-3)31(28,29)17-10-6-15(22)7-11-17/h4-11,13H,12,23H2,1-3H3,(H,24,27). The van der Waals surface area contributed by atoms with E-state index in [1.807, 2.05) is 24.3 Å². The van der Waals surface area contributed by atoms with Gasteiger partial charge in [-0.1, -0.05) is 37.6 Å². The van der Waals surface area contributed by atoms with Crippen molar-refractivity contribution >= 4 is 50.6 Å². The fraction of sp³-hybridized carbons (Fsp3) is 0.238. The Balaban J connectivity index is 1.85. The summed E-state index contributed by atoms with van der Waals surface area (Å²) in [5.41, 5.74) is 7.93. The van der Waals surface area contributed by atoms with Gasteiger partial charge >= 0.3 is 0 Å². The molecule has 0 bridgehead atoms. The Bertz CT molecular complexity index is 1190. The van der Waals surface area contributed by atoms with Gasteiger partial charge in [-0.3, -0.25) is 4.79 Å². The summed E-state index contributed by atoms with van der Waals surface area (Å²) in [5, 5.41) is 7.67. The zero-order valence-corrected chi connectivity index (χ0v) is 19.7. The van der Waals surface area contributed by atoms with Crippen molar-refractivity contribution in [1.82, 2.24) is 9.78 Å². The van der Waals surface area contributed by atoms with Crippen molar-refractivity contribution in [2.24, 2.45) is 0 Å². The number of anilines is 2. The molecule has 0 radical (unpaired) electrons. The Morgan fingerprint density at radius 1 is 1.16 bits per heavy atom. The lowest BCUT2D eigenvalue weighted by molar-refractivity contribution is -0.116. The molecule has 10 heteroatoms. The highest BCUT2D eigenvalue weighted by Gasteiger charge is 2.29. The second-order valence-corrected chi connectivity index (χ2v) is 10.3. The Hall–Kier alpha value is -2.49. The summed E-state index contributed by atoms with van der Waals surface area (Å²) in [7, 11) is -3.94. The summed E-state index contributed by atoms with van der Waals surface area (Å²) in [6, 6.07) is 13.3. The van der Waals surface area contributed by atoms with Crippen LogP contribution in [0, 0.1) is 0 Å². The SMILES string of the molecule is CSc1nn(CC(=O)Nc2ccc(C(C)C)cc2)c(N)c1S(=O)(=O)c1ccc(Cl)cc1. The fourth-order valence-electron chi connectivity index (χ4n) is 2.96. The second-order valence-electron chi connectivity index (χ2n) is 7.16. The van der Waals surface area contributed by atoms with E-state index in [0.29, 0.717) is 16.6 Å². The van der Waals surface area contributed by atoms with Crippen molar-refractivity contribution in [3.8, 4) is 0 Å². The van der Waals surface area contributed by atoms with E-state index in [4.69, 9.17) is 17.3 Å². The highest BCUT2D eigenvalue weighted by Crippen LogP contribution is 2.34. The summed E-state index contributed by atoms with van der Waals surface area (Å²) in [6.07, 6.45) is 1.70. The van der Waals surface area contributed by atoms with E-state index in [0.717, 1.165) is 17.3 Å². The average Bonchev–Trinajstić information content (AvgIpc) is 3.04. The molecule has 1 amide bonds. The topological polar surface area (TPSA) is 107 Å². The molecule has 0 spiro atoms. The molecule has 0 saturated carbocycles. The number of nitrogens with zero attached hydrogens (tertiary/aromatic N) is 2. The average molecular weight is 479 g/mol. The summed E-state index contributed by atoms with van der Waals surface area (Å²) >= 11 is 7.01. The monoisotopic (exact) mass is 478 g/mol. The first-order valence-corrected chi connectivity index (χ1v) is 12.5. The van der Waals surface area contributed by atoms with Gasteiger partial charge in [0.2, 0.25) is 15.7 Å². The van der Waals surface area contributed by atoms with Crippen molar-refractivity contribution in [2.45, 2.75) is 41.1 Å². The Labute approximate surface area is 190 Å². The maximum atomic E-state index is 13.1. The summed E-state index contributed by atoms with van der Waals surface area (Å²) < 4.78 is 27.5. The lowest BCUT2D eigenvalue weighted by Gasteiger charge is -2.09. The van der Waals surface area contributed by atoms with Crippen LogP contribution >= 0.6 is 23.4 Å². The van der Waals surface area contributed by atoms with Crippen LogP contribution in [0.2, 0.25) is 5.02 Å². The number of hydrogen-bond donors (Lipinski definition) is 2. The number of nitrogens with one attached hydrogen (secondary N) is 1. The predicted octanol–water partition coefficient (Wildman–Crippen LogP) is 4.44. The molecule has 0 atom stereocenters. The molecule has 3 aromatic rings. The molecule has 2 aromatic carbocycles. The number of thioether (sulfide) groups is 1. The van der Waals surface area contributed by atoms with E-state index < -0.39 is 9.84 Å². The minimum Gasteiger partial charge on any atom is -0.383 e. The van der Waals surface area contributed by atoms with E-state index in [-0.39, 0.29) is 33.1 Å². The molecule has 1 heterocycles.